The van der Waals surface area contributed by atoms with Crippen LogP contribution in [0.15, 0.2) is 0 Å². The second kappa shape index (κ2) is 4.24. The van der Waals surface area contributed by atoms with Crippen LogP contribution < -0.4 is 0 Å². The monoisotopic (exact) mass is 198 g/mol. The van der Waals surface area contributed by atoms with Crippen LogP contribution in [-0.2, 0) is 0 Å². The van der Waals surface area contributed by atoms with E-state index in [2.05, 4.69) is 55.4 Å². The average Bonchev–Trinajstić information content (AvgIpc) is 1.94. The summed E-state index contributed by atoms with van der Waals surface area (Å²) in [7, 11) is 0. The normalized spacial score (nSPS) is 14.6. The summed E-state index contributed by atoms with van der Waals surface area (Å²) in [5, 5.41) is 0. The van der Waals surface area contributed by atoms with Crippen molar-refractivity contribution in [1.29, 1.82) is 0 Å². The van der Waals surface area contributed by atoms with E-state index in [1.165, 1.54) is 19.3 Å². The molecule has 0 aromatic rings. The van der Waals surface area contributed by atoms with Crippen molar-refractivity contribution in [3.05, 3.63) is 0 Å². The summed E-state index contributed by atoms with van der Waals surface area (Å²) in [4.78, 5) is 0. The number of rotatable bonds is 3. The van der Waals surface area contributed by atoms with Gasteiger partial charge in [-0.2, -0.15) is 0 Å². The highest BCUT2D eigenvalue weighted by molar-refractivity contribution is 4.97. The first-order valence-corrected chi connectivity index (χ1v) is 6.12. The Balaban J connectivity index is 5.21. The van der Waals surface area contributed by atoms with Gasteiger partial charge in [0.2, 0.25) is 0 Å². The molecule has 0 rings (SSSR count). The first kappa shape index (κ1) is 14.0. The van der Waals surface area contributed by atoms with Gasteiger partial charge in [-0.05, 0) is 29.1 Å². The molecule has 0 aliphatic rings. The average molecular weight is 198 g/mol. The Morgan fingerprint density at radius 3 is 1.14 bits per heavy atom. The summed E-state index contributed by atoms with van der Waals surface area (Å²) >= 11 is 0. The van der Waals surface area contributed by atoms with E-state index in [0.717, 1.165) is 0 Å². The van der Waals surface area contributed by atoms with Crippen molar-refractivity contribution in [2.45, 2.75) is 74.7 Å². The van der Waals surface area contributed by atoms with Gasteiger partial charge in [-0.3, -0.25) is 0 Å². The second-order valence-corrected chi connectivity index (χ2v) is 6.69. The van der Waals surface area contributed by atoms with Crippen LogP contribution in [0.2, 0.25) is 0 Å². The molecule has 0 bridgehead atoms. The summed E-state index contributed by atoms with van der Waals surface area (Å²) in [5.74, 6) is 0. The van der Waals surface area contributed by atoms with E-state index in [1.54, 1.807) is 0 Å². The first-order chi connectivity index (χ1) is 6.12. The van der Waals surface area contributed by atoms with E-state index in [4.69, 9.17) is 0 Å². The molecule has 0 saturated carbocycles. The summed E-state index contributed by atoms with van der Waals surface area (Å²) in [5.41, 5.74) is 1.26. The number of hydrogen-bond acceptors (Lipinski definition) is 0. The molecule has 0 aliphatic carbocycles. The van der Waals surface area contributed by atoms with Crippen molar-refractivity contribution in [3.63, 3.8) is 0 Å². The fourth-order valence-electron chi connectivity index (χ4n) is 3.54. The van der Waals surface area contributed by atoms with Crippen LogP contribution in [-0.4, -0.2) is 0 Å². The van der Waals surface area contributed by atoms with Crippen LogP contribution in [0.25, 0.3) is 0 Å². The Hall–Kier alpha value is 0. The maximum Gasteiger partial charge on any atom is -0.0203 e. The lowest BCUT2D eigenvalue weighted by molar-refractivity contribution is -0.0444. The molecule has 0 unspecified atom stereocenters. The van der Waals surface area contributed by atoms with E-state index in [1.807, 2.05) is 0 Å². The predicted octanol–water partition coefficient (Wildman–Crippen LogP) is 5.28. The van der Waals surface area contributed by atoms with Gasteiger partial charge >= 0.3 is 0 Å². The molecule has 0 spiro atoms. The predicted molar refractivity (Wildman–Crippen MR) is 66.5 cm³/mol. The Bertz CT molecular complexity index is 149. The lowest BCUT2D eigenvalue weighted by Gasteiger charge is -2.54. The maximum atomic E-state index is 2.40. The minimum absolute atomic E-state index is 0.399. The molecular weight excluding hydrogens is 168 g/mol. The Kier molecular flexibility index (Phi) is 4.24. The summed E-state index contributed by atoms with van der Waals surface area (Å²) in [6.07, 6.45) is 3.92. The fraction of sp³-hybridized carbons (Fsp3) is 1.00. The molecule has 0 aromatic carbocycles. The molecule has 0 radical (unpaired) electrons. The smallest absolute Gasteiger partial charge is 0.0203 e. The molecule has 0 saturated heterocycles. The van der Waals surface area contributed by atoms with Gasteiger partial charge in [-0.25, -0.2) is 0 Å². The molecular formula is C14H30. The van der Waals surface area contributed by atoms with Crippen LogP contribution in [0.5, 0.6) is 0 Å². The maximum absolute atomic E-state index is 2.40. The first-order valence-electron chi connectivity index (χ1n) is 6.12. The van der Waals surface area contributed by atoms with Crippen molar-refractivity contribution in [2.24, 2.45) is 16.2 Å². The lowest BCUT2D eigenvalue weighted by atomic mass is 9.51. The molecule has 0 fully saturated rings. The van der Waals surface area contributed by atoms with Gasteiger partial charge in [-0.1, -0.05) is 61.8 Å². The van der Waals surface area contributed by atoms with Crippen LogP contribution in [0.3, 0.4) is 0 Å². The van der Waals surface area contributed by atoms with E-state index in [9.17, 15) is 0 Å². The van der Waals surface area contributed by atoms with Gasteiger partial charge in [0.1, 0.15) is 0 Å². The fourth-order valence-corrected chi connectivity index (χ4v) is 3.54. The molecule has 86 valence electrons. The van der Waals surface area contributed by atoms with Gasteiger partial charge in [0.15, 0.2) is 0 Å². The molecule has 0 atom stereocenters. The molecule has 0 nitrogen and oxygen atoms in total. The Labute approximate surface area is 91.5 Å². The van der Waals surface area contributed by atoms with Crippen molar-refractivity contribution in [1.82, 2.24) is 0 Å². The molecule has 14 heavy (non-hydrogen) atoms. The minimum Gasteiger partial charge on any atom is -0.0654 e. The minimum atomic E-state index is 0.399. The van der Waals surface area contributed by atoms with Crippen LogP contribution >= 0.6 is 0 Å². The van der Waals surface area contributed by atoms with Crippen molar-refractivity contribution >= 4 is 0 Å². The van der Waals surface area contributed by atoms with E-state index in [-0.39, 0.29) is 0 Å². The quantitative estimate of drug-likeness (QED) is 0.579. The van der Waals surface area contributed by atoms with Crippen molar-refractivity contribution in [3.8, 4) is 0 Å². The van der Waals surface area contributed by atoms with Gasteiger partial charge < -0.3 is 0 Å². The highest BCUT2D eigenvalue weighted by Crippen LogP contribution is 2.56. The highest BCUT2D eigenvalue weighted by Gasteiger charge is 2.47. The molecule has 0 N–H and O–H groups in total. The highest BCUT2D eigenvalue weighted by atomic mass is 14.5. The molecule has 0 heterocycles. The summed E-state index contributed by atoms with van der Waals surface area (Å²) in [6.45, 7) is 19.1. The van der Waals surface area contributed by atoms with E-state index in [0.29, 0.717) is 16.2 Å². The lowest BCUT2D eigenvalue weighted by Crippen LogP contribution is -2.45. The van der Waals surface area contributed by atoms with E-state index < -0.39 is 0 Å². The van der Waals surface area contributed by atoms with Crippen LogP contribution in [0.4, 0.5) is 0 Å². The standard InChI is InChI=1S/C14H30/c1-9-11-14(10-2,12(3,4)5)13(6,7)8/h9-11H2,1-8H3. The van der Waals surface area contributed by atoms with Crippen LogP contribution in [0.1, 0.15) is 74.7 Å². The SMILES string of the molecule is CCCC(CC)(C(C)(C)C)C(C)(C)C. The molecule has 0 aliphatic heterocycles. The third-order valence-corrected chi connectivity index (χ3v) is 4.15. The largest absolute Gasteiger partial charge is 0.0654 e. The molecule has 0 heteroatoms. The topological polar surface area (TPSA) is 0 Å². The van der Waals surface area contributed by atoms with Gasteiger partial charge in [0.25, 0.3) is 0 Å². The van der Waals surface area contributed by atoms with Gasteiger partial charge in [0.05, 0.1) is 0 Å². The van der Waals surface area contributed by atoms with Crippen LogP contribution in [0, 0.1) is 16.2 Å². The number of hydrogen-bond donors (Lipinski definition) is 0. The van der Waals surface area contributed by atoms with Gasteiger partial charge in [0, 0.05) is 0 Å². The zero-order valence-electron chi connectivity index (χ0n) is 11.6. The molecule has 0 amide bonds. The van der Waals surface area contributed by atoms with Crippen molar-refractivity contribution < 1.29 is 0 Å². The summed E-state index contributed by atoms with van der Waals surface area (Å²) in [6, 6.07) is 0. The third kappa shape index (κ3) is 2.32. The Morgan fingerprint density at radius 2 is 1.07 bits per heavy atom. The zero-order valence-corrected chi connectivity index (χ0v) is 11.6. The third-order valence-electron chi connectivity index (χ3n) is 4.15. The van der Waals surface area contributed by atoms with Gasteiger partial charge in [-0.15, -0.1) is 0 Å². The summed E-state index contributed by atoms with van der Waals surface area (Å²) < 4.78 is 0. The van der Waals surface area contributed by atoms with Crippen molar-refractivity contribution in [2.75, 3.05) is 0 Å². The second-order valence-electron chi connectivity index (χ2n) is 6.69. The Morgan fingerprint density at radius 1 is 0.714 bits per heavy atom. The zero-order chi connectivity index (χ0) is 11.6. The molecule has 0 aromatic heterocycles. The van der Waals surface area contributed by atoms with E-state index >= 15 is 0 Å².